The highest BCUT2D eigenvalue weighted by atomic mass is 79.9. The molecule has 8 heteroatoms. The fourth-order valence-electron chi connectivity index (χ4n) is 2.21. The highest BCUT2D eigenvalue weighted by molar-refractivity contribution is 9.10. The van der Waals surface area contributed by atoms with E-state index in [1.54, 1.807) is 7.11 Å². The molecule has 0 spiro atoms. The van der Waals surface area contributed by atoms with Crippen molar-refractivity contribution < 1.29 is 14.3 Å². The molecule has 3 rings (SSSR count). The van der Waals surface area contributed by atoms with Crippen LogP contribution < -0.4 is 10.1 Å². The molecule has 1 amide bonds. The highest BCUT2D eigenvalue weighted by Gasteiger charge is 2.10. The molecule has 0 saturated heterocycles. The molecular formula is C18H16BrN3O3S. The normalized spacial score (nSPS) is 10.5. The summed E-state index contributed by atoms with van der Waals surface area (Å²) in [5.41, 5.74) is 2.18. The Bertz CT molecular complexity index is 886. The summed E-state index contributed by atoms with van der Waals surface area (Å²) in [6.45, 7) is 0.243. The Morgan fingerprint density at radius 1 is 1.15 bits per heavy atom. The molecule has 1 N–H and O–H groups in total. The Balaban J connectivity index is 1.57. The second-order valence-corrected chi connectivity index (χ2v) is 7.20. The van der Waals surface area contributed by atoms with E-state index < -0.39 is 0 Å². The lowest BCUT2D eigenvalue weighted by molar-refractivity contribution is -0.118. The molecule has 0 unspecified atom stereocenters. The molecule has 1 aromatic heterocycles. The number of methoxy groups -OCH3 is 1. The Labute approximate surface area is 163 Å². The predicted octanol–water partition coefficient (Wildman–Crippen LogP) is 4.13. The molecule has 0 bridgehead atoms. The number of rotatable bonds is 7. The zero-order chi connectivity index (χ0) is 18.4. The smallest absolute Gasteiger partial charge is 0.264 e. The third-order valence-electron chi connectivity index (χ3n) is 3.38. The van der Waals surface area contributed by atoms with Gasteiger partial charge in [0.05, 0.1) is 4.47 Å². The number of carbonyl (C=O) groups is 1. The van der Waals surface area contributed by atoms with Crippen LogP contribution in [0.15, 0.2) is 53.0 Å². The Morgan fingerprint density at radius 2 is 1.96 bits per heavy atom. The van der Waals surface area contributed by atoms with Crippen LogP contribution in [0.3, 0.4) is 0 Å². The monoisotopic (exact) mass is 433 g/mol. The van der Waals surface area contributed by atoms with E-state index in [1.807, 2.05) is 48.5 Å². The molecule has 6 nitrogen and oxygen atoms in total. The van der Waals surface area contributed by atoms with Gasteiger partial charge in [0.2, 0.25) is 5.13 Å². The average Bonchev–Trinajstić information content (AvgIpc) is 3.08. The lowest BCUT2D eigenvalue weighted by Gasteiger charge is -2.09. The largest absolute Gasteiger partial charge is 0.483 e. The zero-order valence-corrected chi connectivity index (χ0v) is 16.3. The number of nitrogens with one attached hydrogen (secondary N) is 1. The van der Waals surface area contributed by atoms with Crippen molar-refractivity contribution in [3.8, 4) is 16.9 Å². The number of amides is 1. The maximum Gasteiger partial charge on any atom is 0.264 e. The van der Waals surface area contributed by atoms with Crippen LogP contribution in [-0.4, -0.2) is 29.8 Å². The van der Waals surface area contributed by atoms with Crippen molar-refractivity contribution >= 4 is 38.3 Å². The van der Waals surface area contributed by atoms with Crippen molar-refractivity contribution in [1.82, 2.24) is 10.2 Å². The Hall–Kier alpha value is -2.29. The van der Waals surface area contributed by atoms with Crippen LogP contribution in [0.4, 0.5) is 5.13 Å². The van der Waals surface area contributed by atoms with Gasteiger partial charge in [-0.15, -0.1) is 10.2 Å². The molecule has 0 fully saturated rings. The number of benzene rings is 2. The summed E-state index contributed by atoms with van der Waals surface area (Å²) < 4.78 is 11.3. The highest BCUT2D eigenvalue weighted by Crippen LogP contribution is 2.30. The van der Waals surface area contributed by atoms with E-state index in [0.717, 1.165) is 15.6 Å². The molecule has 0 saturated carbocycles. The first-order chi connectivity index (χ1) is 12.7. The lowest BCUT2D eigenvalue weighted by Crippen LogP contribution is -2.20. The van der Waals surface area contributed by atoms with Crippen molar-refractivity contribution in [2.45, 2.75) is 6.61 Å². The number of ether oxygens (including phenoxy) is 2. The maximum absolute atomic E-state index is 12.0. The van der Waals surface area contributed by atoms with E-state index in [9.17, 15) is 4.79 Å². The van der Waals surface area contributed by atoms with Crippen molar-refractivity contribution in [1.29, 1.82) is 0 Å². The number of nitrogens with zero attached hydrogens (tertiary/aromatic N) is 2. The van der Waals surface area contributed by atoms with Crippen LogP contribution >= 0.6 is 27.3 Å². The van der Waals surface area contributed by atoms with Crippen LogP contribution in [-0.2, 0) is 16.1 Å². The van der Waals surface area contributed by atoms with Gasteiger partial charge in [-0.1, -0.05) is 47.7 Å². The number of hydrogen-bond donors (Lipinski definition) is 1. The van der Waals surface area contributed by atoms with Crippen molar-refractivity contribution in [2.75, 3.05) is 19.0 Å². The summed E-state index contributed by atoms with van der Waals surface area (Å²) in [6, 6.07) is 15.8. The second kappa shape index (κ2) is 8.88. The van der Waals surface area contributed by atoms with Crippen LogP contribution in [0.5, 0.6) is 5.75 Å². The van der Waals surface area contributed by atoms with Gasteiger partial charge in [-0.25, -0.2) is 0 Å². The van der Waals surface area contributed by atoms with E-state index >= 15 is 0 Å². The van der Waals surface area contributed by atoms with Gasteiger partial charge in [-0.05, 0) is 39.2 Å². The van der Waals surface area contributed by atoms with Crippen molar-refractivity contribution in [2.24, 2.45) is 0 Å². The van der Waals surface area contributed by atoms with Gasteiger partial charge in [0.25, 0.3) is 5.91 Å². The van der Waals surface area contributed by atoms with Crippen molar-refractivity contribution in [3.05, 3.63) is 58.0 Å². The predicted molar refractivity (Wildman–Crippen MR) is 104 cm³/mol. The molecule has 0 aliphatic rings. The maximum atomic E-state index is 12.0. The van der Waals surface area contributed by atoms with Gasteiger partial charge >= 0.3 is 0 Å². The van der Waals surface area contributed by atoms with E-state index in [2.05, 4.69) is 31.4 Å². The van der Waals surface area contributed by atoms with Crippen molar-refractivity contribution in [3.63, 3.8) is 0 Å². The minimum absolute atomic E-state index is 0.123. The molecule has 134 valence electrons. The van der Waals surface area contributed by atoms with Crippen LogP contribution in [0.25, 0.3) is 11.1 Å². The average molecular weight is 434 g/mol. The Kier molecular flexibility index (Phi) is 6.32. The van der Waals surface area contributed by atoms with Gasteiger partial charge < -0.3 is 9.47 Å². The molecule has 2 aromatic carbocycles. The summed E-state index contributed by atoms with van der Waals surface area (Å²) in [5, 5.41) is 11.6. The minimum Gasteiger partial charge on any atom is -0.483 e. The summed E-state index contributed by atoms with van der Waals surface area (Å²) in [5.74, 6) is 0.293. The molecule has 0 aliphatic heterocycles. The molecule has 0 radical (unpaired) electrons. The quantitative estimate of drug-likeness (QED) is 0.606. The van der Waals surface area contributed by atoms with E-state index in [1.165, 1.54) is 11.3 Å². The number of anilines is 1. The first kappa shape index (κ1) is 18.5. The van der Waals surface area contributed by atoms with Crippen LogP contribution in [0.2, 0.25) is 0 Å². The van der Waals surface area contributed by atoms with Gasteiger partial charge in [-0.3, -0.25) is 10.1 Å². The van der Waals surface area contributed by atoms with Gasteiger partial charge in [0.1, 0.15) is 17.4 Å². The molecular weight excluding hydrogens is 418 g/mol. The summed E-state index contributed by atoms with van der Waals surface area (Å²) in [6.07, 6.45) is 0. The standard InChI is InChI=1S/C18H16BrN3O3S/c1-24-11-17-21-22-18(26-17)20-16(23)10-25-15-8-7-13(9-14(15)19)12-5-3-2-4-6-12/h2-9H,10-11H2,1H3,(H,20,22,23). The van der Waals surface area contributed by atoms with E-state index in [4.69, 9.17) is 9.47 Å². The topological polar surface area (TPSA) is 73.3 Å². The number of aromatic nitrogens is 2. The third kappa shape index (κ3) is 4.87. The lowest BCUT2D eigenvalue weighted by atomic mass is 10.1. The minimum atomic E-state index is -0.302. The van der Waals surface area contributed by atoms with E-state index in [-0.39, 0.29) is 12.5 Å². The number of hydrogen-bond acceptors (Lipinski definition) is 6. The third-order valence-corrected chi connectivity index (χ3v) is 4.81. The summed E-state index contributed by atoms with van der Waals surface area (Å²) >= 11 is 4.76. The first-order valence-electron chi connectivity index (χ1n) is 7.74. The molecule has 1 heterocycles. The molecule has 0 aliphatic carbocycles. The number of halogens is 1. The second-order valence-electron chi connectivity index (χ2n) is 5.28. The first-order valence-corrected chi connectivity index (χ1v) is 9.35. The van der Waals surface area contributed by atoms with Gasteiger partial charge in [0, 0.05) is 7.11 Å². The molecule has 0 atom stereocenters. The van der Waals surface area contributed by atoms with E-state index in [0.29, 0.717) is 22.5 Å². The molecule has 3 aromatic rings. The zero-order valence-electron chi connectivity index (χ0n) is 13.9. The fourth-order valence-corrected chi connectivity index (χ4v) is 3.43. The van der Waals surface area contributed by atoms with Gasteiger partial charge in [-0.2, -0.15) is 0 Å². The van der Waals surface area contributed by atoms with Gasteiger partial charge in [0.15, 0.2) is 6.61 Å². The summed E-state index contributed by atoms with van der Waals surface area (Å²) in [7, 11) is 1.58. The van der Waals surface area contributed by atoms with Crippen LogP contribution in [0, 0.1) is 0 Å². The SMILES string of the molecule is COCc1nnc(NC(=O)COc2ccc(-c3ccccc3)cc2Br)s1. The Morgan fingerprint density at radius 3 is 2.69 bits per heavy atom. The van der Waals surface area contributed by atoms with Crippen LogP contribution in [0.1, 0.15) is 5.01 Å². The fraction of sp³-hybridized carbons (Fsp3) is 0.167. The summed E-state index contributed by atoms with van der Waals surface area (Å²) in [4.78, 5) is 12.0. The molecule has 26 heavy (non-hydrogen) atoms. The number of carbonyl (C=O) groups excluding carboxylic acids is 1.